The zero-order chi connectivity index (χ0) is 13.8. The van der Waals surface area contributed by atoms with Crippen molar-refractivity contribution in [3.05, 3.63) is 45.5 Å². The smallest absolute Gasteiger partial charge is 0.240 e. The Bertz CT molecular complexity index is 561. The van der Waals surface area contributed by atoms with Crippen molar-refractivity contribution in [1.82, 2.24) is 15.0 Å². The van der Waals surface area contributed by atoms with Gasteiger partial charge in [0, 0.05) is 6.54 Å². The summed E-state index contributed by atoms with van der Waals surface area (Å²) in [5.41, 5.74) is 6.37. The molecule has 0 atom stereocenters. The van der Waals surface area contributed by atoms with Gasteiger partial charge >= 0.3 is 0 Å². The highest BCUT2D eigenvalue weighted by atomic mass is 35.5. The van der Waals surface area contributed by atoms with Crippen LogP contribution in [0.3, 0.4) is 0 Å². The molecule has 0 fully saturated rings. The van der Waals surface area contributed by atoms with Crippen LogP contribution in [0.25, 0.3) is 0 Å². The molecule has 0 aliphatic rings. The number of hydrogen-bond acceptors (Lipinski definition) is 5. The number of aromatic nitrogens is 2. The minimum Gasteiger partial charge on any atom is -0.338 e. The Morgan fingerprint density at radius 2 is 2.05 bits per heavy atom. The van der Waals surface area contributed by atoms with Crippen molar-refractivity contribution >= 4 is 35.6 Å². The van der Waals surface area contributed by atoms with Gasteiger partial charge in [-0.2, -0.15) is 4.98 Å². The van der Waals surface area contributed by atoms with Crippen LogP contribution in [0.4, 0.5) is 0 Å². The van der Waals surface area contributed by atoms with Crippen LogP contribution in [0.5, 0.6) is 0 Å². The van der Waals surface area contributed by atoms with E-state index in [0.29, 0.717) is 34.8 Å². The lowest BCUT2D eigenvalue weighted by atomic mass is 10.2. The van der Waals surface area contributed by atoms with E-state index in [-0.39, 0.29) is 19.0 Å². The predicted molar refractivity (Wildman–Crippen MR) is 81.1 cm³/mol. The summed E-state index contributed by atoms with van der Waals surface area (Å²) in [4.78, 5) is 6.16. The Balaban J connectivity index is 0.00000200. The first kappa shape index (κ1) is 17.2. The fourth-order valence-corrected chi connectivity index (χ4v) is 2.08. The molecule has 5 nitrogen and oxygen atoms in total. The van der Waals surface area contributed by atoms with Crippen LogP contribution in [0.15, 0.2) is 22.7 Å². The molecular formula is C12H15Cl3N4O. The second-order valence-corrected chi connectivity index (χ2v) is 4.98. The predicted octanol–water partition coefficient (Wildman–Crippen LogP) is 2.89. The molecule has 0 radical (unpaired) electrons. The lowest BCUT2D eigenvalue weighted by Crippen LogP contribution is -2.18. The topological polar surface area (TPSA) is 68.2 Å². The third-order valence-electron chi connectivity index (χ3n) is 2.57. The van der Waals surface area contributed by atoms with Gasteiger partial charge in [-0.05, 0) is 18.7 Å². The fourth-order valence-electron chi connectivity index (χ4n) is 1.70. The number of rotatable bonds is 5. The molecule has 0 aliphatic heterocycles. The van der Waals surface area contributed by atoms with Crippen LogP contribution in [-0.4, -0.2) is 22.1 Å². The van der Waals surface area contributed by atoms with E-state index in [0.717, 1.165) is 5.56 Å². The van der Waals surface area contributed by atoms with Crippen molar-refractivity contribution < 1.29 is 4.52 Å². The Morgan fingerprint density at radius 3 is 2.70 bits per heavy atom. The molecule has 0 unspecified atom stereocenters. The quantitative estimate of drug-likeness (QED) is 0.908. The van der Waals surface area contributed by atoms with Gasteiger partial charge < -0.3 is 10.3 Å². The van der Waals surface area contributed by atoms with Gasteiger partial charge in [-0.3, -0.25) is 4.90 Å². The van der Waals surface area contributed by atoms with E-state index in [4.69, 9.17) is 33.5 Å². The highest BCUT2D eigenvalue weighted by molar-refractivity contribution is 6.42. The van der Waals surface area contributed by atoms with Crippen molar-refractivity contribution in [3.8, 4) is 0 Å². The number of nitrogens with two attached hydrogens (primary N) is 1. The van der Waals surface area contributed by atoms with E-state index >= 15 is 0 Å². The van der Waals surface area contributed by atoms with Gasteiger partial charge in [-0.15, -0.1) is 12.4 Å². The first-order chi connectivity index (χ1) is 9.10. The van der Waals surface area contributed by atoms with E-state index in [1.54, 1.807) is 6.07 Å². The second kappa shape index (κ2) is 7.81. The average Bonchev–Trinajstić information content (AvgIpc) is 2.82. The lowest BCUT2D eigenvalue weighted by molar-refractivity contribution is 0.300. The minimum absolute atomic E-state index is 0. The molecule has 110 valence electrons. The fraction of sp³-hybridized carbons (Fsp3) is 0.333. The summed E-state index contributed by atoms with van der Waals surface area (Å²) in [7, 11) is 1.94. The zero-order valence-electron chi connectivity index (χ0n) is 10.8. The van der Waals surface area contributed by atoms with Crippen molar-refractivity contribution in [3.63, 3.8) is 0 Å². The molecule has 0 aliphatic carbocycles. The molecule has 1 aromatic heterocycles. The van der Waals surface area contributed by atoms with Crippen molar-refractivity contribution in [2.45, 2.75) is 19.6 Å². The molecule has 8 heteroatoms. The maximum Gasteiger partial charge on any atom is 0.240 e. The second-order valence-electron chi connectivity index (χ2n) is 4.19. The Morgan fingerprint density at radius 1 is 1.30 bits per heavy atom. The third kappa shape index (κ3) is 4.33. The van der Waals surface area contributed by atoms with Crippen LogP contribution in [-0.2, 0) is 19.6 Å². The largest absolute Gasteiger partial charge is 0.338 e. The summed E-state index contributed by atoms with van der Waals surface area (Å²) in [5, 5.41) is 4.97. The van der Waals surface area contributed by atoms with Gasteiger partial charge in [0.1, 0.15) is 0 Å². The summed E-state index contributed by atoms with van der Waals surface area (Å²) in [5.74, 6) is 1.03. The van der Waals surface area contributed by atoms with Gasteiger partial charge in [0.05, 0.1) is 23.1 Å². The molecule has 1 aromatic carbocycles. The summed E-state index contributed by atoms with van der Waals surface area (Å²) in [6, 6.07) is 5.57. The summed E-state index contributed by atoms with van der Waals surface area (Å²) in [6.45, 7) is 1.44. The number of benzene rings is 1. The van der Waals surface area contributed by atoms with E-state index in [1.165, 1.54) is 0 Å². The number of hydrogen-bond donors (Lipinski definition) is 1. The van der Waals surface area contributed by atoms with Gasteiger partial charge in [-0.1, -0.05) is 40.5 Å². The first-order valence-electron chi connectivity index (χ1n) is 5.73. The zero-order valence-corrected chi connectivity index (χ0v) is 13.2. The number of halogens is 3. The molecule has 20 heavy (non-hydrogen) atoms. The molecule has 2 N–H and O–H groups in total. The maximum absolute atomic E-state index is 6.14. The van der Waals surface area contributed by atoms with E-state index in [1.807, 2.05) is 24.1 Å². The van der Waals surface area contributed by atoms with Crippen LogP contribution >= 0.6 is 35.6 Å². The average molecular weight is 338 g/mol. The van der Waals surface area contributed by atoms with Crippen LogP contribution in [0.2, 0.25) is 10.0 Å². The molecule has 0 saturated carbocycles. The highest BCUT2D eigenvalue weighted by Crippen LogP contribution is 2.26. The molecule has 0 saturated heterocycles. The lowest BCUT2D eigenvalue weighted by Gasteiger charge is -2.15. The first-order valence-corrected chi connectivity index (χ1v) is 6.48. The monoisotopic (exact) mass is 336 g/mol. The van der Waals surface area contributed by atoms with E-state index in [2.05, 4.69) is 10.1 Å². The molecule has 0 amide bonds. The van der Waals surface area contributed by atoms with Gasteiger partial charge in [0.15, 0.2) is 5.82 Å². The Kier molecular flexibility index (Phi) is 6.71. The molecule has 0 spiro atoms. The molecular weight excluding hydrogens is 323 g/mol. The minimum atomic E-state index is 0. The van der Waals surface area contributed by atoms with Crippen molar-refractivity contribution in [2.24, 2.45) is 5.73 Å². The molecule has 2 rings (SSSR count). The Labute approximate surface area is 133 Å². The van der Waals surface area contributed by atoms with Gasteiger partial charge in [0.25, 0.3) is 0 Å². The summed E-state index contributed by atoms with van der Waals surface area (Å²) < 4.78 is 4.95. The van der Waals surface area contributed by atoms with Gasteiger partial charge in [0.2, 0.25) is 5.89 Å². The van der Waals surface area contributed by atoms with Gasteiger partial charge in [-0.25, -0.2) is 0 Å². The third-order valence-corrected chi connectivity index (χ3v) is 3.43. The Hall–Kier alpha value is -0.850. The normalized spacial score (nSPS) is 10.7. The van der Waals surface area contributed by atoms with E-state index < -0.39 is 0 Å². The molecule has 0 bridgehead atoms. The van der Waals surface area contributed by atoms with Crippen LogP contribution in [0, 0.1) is 0 Å². The summed E-state index contributed by atoms with van der Waals surface area (Å²) in [6.07, 6.45) is 0. The van der Waals surface area contributed by atoms with Crippen LogP contribution < -0.4 is 5.73 Å². The van der Waals surface area contributed by atoms with Crippen LogP contribution in [0.1, 0.15) is 17.3 Å². The van der Waals surface area contributed by atoms with Crippen molar-refractivity contribution in [1.29, 1.82) is 0 Å². The SMILES string of the molecule is CN(Cc1noc(CN)n1)Cc1cccc(Cl)c1Cl.Cl. The number of nitrogens with zero attached hydrogens (tertiary/aromatic N) is 3. The summed E-state index contributed by atoms with van der Waals surface area (Å²) >= 11 is 12.1. The van der Waals surface area contributed by atoms with Crippen molar-refractivity contribution in [2.75, 3.05) is 7.05 Å². The maximum atomic E-state index is 6.14. The van der Waals surface area contributed by atoms with E-state index in [9.17, 15) is 0 Å². The molecule has 2 aromatic rings. The molecule has 1 heterocycles. The highest BCUT2D eigenvalue weighted by Gasteiger charge is 2.11. The standard InChI is InChI=1S/C12H14Cl2N4O.ClH/c1-18(7-10-16-11(5-15)19-17-10)6-8-3-2-4-9(13)12(8)14;/h2-4H,5-7,15H2,1H3;1H.